The van der Waals surface area contributed by atoms with Crippen molar-refractivity contribution in [2.45, 2.75) is 25.3 Å². The number of halogens is 1. The van der Waals surface area contributed by atoms with Crippen LogP contribution in [-0.2, 0) is 6.42 Å². The van der Waals surface area contributed by atoms with Crippen LogP contribution < -0.4 is 4.74 Å². The third-order valence-electron chi connectivity index (χ3n) is 3.28. The predicted molar refractivity (Wildman–Crippen MR) is 72.0 cm³/mol. The molecule has 1 aliphatic carbocycles. The van der Waals surface area contributed by atoms with Crippen LogP contribution >= 0.6 is 11.6 Å². The van der Waals surface area contributed by atoms with Gasteiger partial charge in [-0.25, -0.2) is 0 Å². The van der Waals surface area contributed by atoms with E-state index in [-0.39, 0.29) is 0 Å². The molecule has 2 rings (SSSR count). The molecule has 1 fully saturated rings. The Balaban J connectivity index is 1.82. The summed E-state index contributed by atoms with van der Waals surface area (Å²) in [5.41, 5.74) is 1.37. The second kappa shape index (κ2) is 6.27. The van der Waals surface area contributed by atoms with Gasteiger partial charge in [0.25, 0.3) is 0 Å². The monoisotopic (exact) mass is 253 g/mol. The standard InChI is InChI=1S/C14H20ClNO/c1-17-14-6-2-12(3-7-14)8-10-16(11-9-15)13-4-5-13/h2-3,6-7,13H,4-5,8-11H2,1H3. The van der Waals surface area contributed by atoms with E-state index >= 15 is 0 Å². The maximum Gasteiger partial charge on any atom is 0.118 e. The van der Waals surface area contributed by atoms with Crippen LogP contribution in [0.4, 0.5) is 0 Å². The summed E-state index contributed by atoms with van der Waals surface area (Å²) < 4.78 is 5.15. The molecule has 0 saturated heterocycles. The molecule has 0 amide bonds. The van der Waals surface area contributed by atoms with E-state index in [1.165, 1.54) is 18.4 Å². The molecule has 1 saturated carbocycles. The number of alkyl halides is 1. The molecule has 0 N–H and O–H groups in total. The molecule has 3 heteroatoms. The zero-order valence-electron chi connectivity index (χ0n) is 10.4. The maximum atomic E-state index is 5.83. The Kier molecular flexibility index (Phi) is 4.69. The van der Waals surface area contributed by atoms with Crippen molar-refractivity contribution in [2.24, 2.45) is 0 Å². The molecule has 0 unspecified atom stereocenters. The summed E-state index contributed by atoms with van der Waals surface area (Å²) in [5.74, 6) is 1.66. The minimum atomic E-state index is 0.735. The summed E-state index contributed by atoms with van der Waals surface area (Å²) in [4.78, 5) is 2.51. The lowest BCUT2D eigenvalue weighted by Gasteiger charge is -2.20. The van der Waals surface area contributed by atoms with Gasteiger partial charge in [0.2, 0.25) is 0 Å². The van der Waals surface area contributed by atoms with Gasteiger partial charge in [-0.2, -0.15) is 0 Å². The van der Waals surface area contributed by atoms with E-state index in [1.807, 2.05) is 12.1 Å². The Morgan fingerprint density at radius 2 is 1.94 bits per heavy atom. The van der Waals surface area contributed by atoms with Crippen molar-refractivity contribution in [3.8, 4) is 5.75 Å². The van der Waals surface area contributed by atoms with Crippen molar-refractivity contribution >= 4 is 11.6 Å². The molecule has 2 nitrogen and oxygen atoms in total. The summed E-state index contributed by atoms with van der Waals surface area (Å²) in [7, 11) is 1.70. The Morgan fingerprint density at radius 1 is 1.24 bits per heavy atom. The average molecular weight is 254 g/mol. The Labute approximate surface area is 109 Å². The molecule has 0 heterocycles. The van der Waals surface area contributed by atoms with Gasteiger partial charge in [0.05, 0.1) is 7.11 Å². The molecular weight excluding hydrogens is 234 g/mol. The fourth-order valence-corrected chi connectivity index (χ4v) is 2.31. The van der Waals surface area contributed by atoms with Gasteiger partial charge in [0.15, 0.2) is 0 Å². The molecule has 0 aliphatic heterocycles. The van der Waals surface area contributed by atoms with E-state index in [1.54, 1.807) is 7.11 Å². The van der Waals surface area contributed by atoms with Crippen LogP contribution in [0.3, 0.4) is 0 Å². The quantitative estimate of drug-likeness (QED) is 0.693. The van der Waals surface area contributed by atoms with Crippen LogP contribution in [0.2, 0.25) is 0 Å². The van der Waals surface area contributed by atoms with E-state index in [0.29, 0.717) is 0 Å². The largest absolute Gasteiger partial charge is 0.497 e. The number of methoxy groups -OCH3 is 1. The van der Waals surface area contributed by atoms with Gasteiger partial charge in [0.1, 0.15) is 5.75 Å². The van der Waals surface area contributed by atoms with Crippen LogP contribution in [-0.4, -0.2) is 37.0 Å². The Hall–Kier alpha value is -0.730. The van der Waals surface area contributed by atoms with Crippen LogP contribution in [0, 0.1) is 0 Å². The molecule has 0 aromatic heterocycles. The molecule has 0 spiro atoms. The normalized spacial score (nSPS) is 15.2. The van der Waals surface area contributed by atoms with Crippen LogP contribution in [0.1, 0.15) is 18.4 Å². The maximum absolute atomic E-state index is 5.83. The van der Waals surface area contributed by atoms with Gasteiger partial charge in [-0.1, -0.05) is 12.1 Å². The van der Waals surface area contributed by atoms with E-state index < -0.39 is 0 Å². The highest BCUT2D eigenvalue weighted by Crippen LogP contribution is 2.26. The number of hydrogen-bond donors (Lipinski definition) is 0. The number of benzene rings is 1. The number of hydrogen-bond acceptors (Lipinski definition) is 2. The third kappa shape index (κ3) is 3.90. The third-order valence-corrected chi connectivity index (χ3v) is 3.45. The van der Waals surface area contributed by atoms with Gasteiger partial charge < -0.3 is 4.74 Å². The molecular formula is C14H20ClNO. The van der Waals surface area contributed by atoms with Crippen molar-refractivity contribution in [3.63, 3.8) is 0 Å². The smallest absolute Gasteiger partial charge is 0.118 e. The van der Waals surface area contributed by atoms with Crippen molar-refractivity contribution in [2.75, 3.05) is 26.1 Å². The molecule has 94 valence electrons. The topological polar surface area (TPSA) is 12.5 Å². The predicted octanol–water partition coefficient (Wildman–Crippen LogP) is 2.94. The second-order valence-electron chi connectivity index (χ2n) is 4.55. The van der Waals surface area contributed by atoms with Gasteiger partial charge >= 0.3 is 0 Å². The number of rotatable bonds is 7. The van der Waals surface area contributed by atoms with Gasteiger partial charge in [-0.15, -0.1) is 11.6 Å². The first-order valence-electron chi connectivity index (χ1n) is 6.26. The van der Waals surface area contributed by atoms with Gasteiger partial charge in [0, 0.05) is 25.0 Å². The fourth-order valence-electron chi connectivity index (χ4n) is 2.09. The molecule has 1 aromatic rings. The summed E-state index contributed by atoms with van der Waals surface area (Å²) in [5, 5.41) is 0. The summed E-state index contributed by atoms with van der Waals surface area (Å²) >= 11 is 5.83. The zero-order valence-corrected chi connectivity index (χ0v) is 11.1. The lowest BCUT2D eigenvalue weighted by molar-refractivity contribution is 0.283. The lowest BCUT2D eigenvalue weighted by Crippen LogP contribution is -2.30. The van der Waals surface area contributed by atoms with Crippen LogP contribution in [0.25, 0.3) is 0 Å². The van der Waals surface area contributed by atoms with Gasteiger partial charge in [-0.05, 0) is 37.0 Å². The highest BCUT2D eigenvalue weighted by atomic mass is 35.5. The summed E-state index contributed by atoms with van der Waals surface area (Å²) in [6.45, 7) is 2.13. The Bertz CT molecular complexity index is 335. The zero-order chi connectivity index (χ0) is 12.1. The highest BCUT2D eigenvalue weighted by molar-refractivity contribution is 6.18. The highest BCUT2D eigenvalue weighted by Gasteiger charge is 2.27. The van der Waals surface area contributed by atoms with E-state index in [0.717, 1.165) is 37.2 Å². The molecule has 0 bridgehead atoms. The van der Waals surface area contributed by atoms with Crippen molar-refractivity contribution in [3.05, 3.63) is 29.8 Å². The fraction of sp³-hybridized carbons (Fsp3) is 0.571. The summed E-state index contributed by atoms with van der Waals surface area (Å²) in [6, 6.07) is 9.14. The first kappa shape index (κ1) is 12.7. The minimum absolute atomic E-state index is 0.735. The number of nitrogens with zero attached hydrogens (tertiary/aromatic N) is 1. The lowest BCUT2D eigenvalue weighted by atomic mass is 10.1. The van der Waals surface area contributed by atoms with Crippen LogP contribution in [0.15, 0.2) is 24.3 Å². The van der Waals surface area contributed by atoms with Crippen LogP contribution in [0.5, 0.6) is 5.75 Å². The SMILES string of the molecule is COc1ccc(CCN(CCCl)C2CC2)cc1. The van der Waals surface area contributed by atoms with E-state index in [9.17, 15) is 0 Å². The molecule has 0 radical (unpaired) electrons. The average Bonchev–Trinajstić information content (AvgIpc) is 3.19. The second-order valence-corrected chi connectivity index (χ2v) is 4.93. The molecule has 1 aliphatic rings. The Morgan fingerprint density at radius 3 is 2.47 bits per heavy atom. The van der Waals surface area contributed by atoms with E-state index in [2.05, 4.69) is 17.0 Å². The first-order chi connectivity index (χ1) is 8.33. The van der Waals surface area contributed by atoms with Crippen molar-refractivity contribution in [1.82, 2.24) is 4.90 Å². The molecule has 0 atom stereocenters. The van der Waals surface area contributed by atoms with Crippen molar-refractivity contribution in [1.29, 1.82) is 0 Å². The van der Waals surface area contributed by atoms with Crippen molar-refractivity contribution < 1.29 is 4.74 Å². The minimum Gasteiger partial charge on any atom is -0.497 e. The van der Waals surface area contributed by atoms with Gasteiger partial charge in [-0.3, -0.25) is 4.90 Å². The van der Waals surface area contributed by atoms with E-state index in [4.69, 9.17) is 16.3 Å². The summed E-state index contributed by atoms with van der Waals surface area (Å²) in [6.07, 6.45) is 3.79. The number of ether oxygens (including phenoxy) is 1. The molecule has 1 aromatic carbocycles. The molecule has 17 heavy (non-hydrogen) atoms. The first-order valence-corrected chi connectivity index (χ1v) is 6.80.